The molecule has 1 saturated carbocycles. The fraction of sp³-hybridized carbons (Fsp3) is 0.450. The van der Waals surface area contributed by atoms with Crippen LogP contribution < -0.4 is 21.5 Å². The molecular weight excluding hydrogens is 340 g/mol. The minimum Gasteiger partial charge on any atom is -0.350 e. The van der Waals surface area contributed by atoms with E-state index in [0.29, 0.717) is 30.0 Å². The molecule has 1 aromatic heterocycles. The lowest BCUT2D eigenvalue weighted by Gasteiger charge is -2.20. The van der Waals surface area contributed by atoms with E-state index in [0.717, 1.165) is 5.69 Å². The van der Waals surface area contributed by atoms with Gasteiger partial charge in [-0.3, -0.25) is 15.6 Å². The van der Waals surface area contributed by atoms with Crippen molar-refractivity contribution in [2.75, 3.05) is 11.9 Å². The Morgan fingerprint density at radius 1 is 1.04 bits per heavy atom. The quantitative estimate of drug-likeness (QED) is 0.650. The minimum absolute atomic E-state index is 0.139. The molecule has 0 bridgehead atoms. The van der Waals surface area contributed by atoms with Crippen molar-refractivity contribution in [2.45, 2.75) is 44.2 Å². The highest BCUT2D eigenvalue weighted by atomic mass is 16.1. The minimum atomic E-state index is -0.139. The fourth-order valence-electron chi connectivity index (χ4n) is 3.99. The number of hydrazine groups is 1. The molecule has 1 aromatic carbocycles. The number of carbonyl (C=O) groups is 1. The number of benzene rings is 1. The molecule has 7 nitrogen and oxygen atoms in total. The van der Waals surface area contributed by atoms with Crippen LogP contribution in [0.25, 0.3) is 0 Å². The summed E-state index contributed by atoms with van der Waals surface area (Å²) in [5.74, 6) is 0.919. The van der Waals surface area contributed by atoms with Crippen molar-refractivity contribution >= 4 is 17.5 Å². The van der Waals surface area contributed by atoms with Gasteiger partial charge in [0.15, 0.2) is 0 Å². The highest BCUT2D eigenvalue weighted by molar-refractivity contribution is 5.93. The molecule has 1 aliphatic heterocycles. The second-order valence-corrected chi connectivity index (χ2v) is 7.30. The Hall–Kier alpha value is -2.51. The maximum absolute atomic E-state index is 12.4. The zero-order valence-electron chi connectivity index (χ0n) is 15.3. The van der Waals surface area contributed by atoms with Gasteiger partial charge in [0, 0.05) is 36.7 Å². The molecular formula is C20H26N6O. The summed E-state index contributed by atoms with van der Waals surface area (Å²) in [5, 5.41) is 6.13. The highest BCUT2D eigenvalue weighted by Crippen LogP contribution is 2.28. The molecule has 1 aliphatic carbocycles. The molecule has 142 valence electrons. The third-order valence-electron chi connectivity index (χ3n) is 5.47. The molecule has 0 radical (unpaired) electrons. The van der Waals surface area contributed by atoms with Crippen molar-refractivity contribution in [3.63, 3.8) is 0 Å². The summed E-state index contributed by atoms with van der Waals surface area (Å²) in [7, 11) is 0. The summed E-state index contributed by atoms with van der Waals surface area (Å²) < 4.78 is 0. The van der Waals surface area contributed by atoms with Gasteiger partial charge < -0.3 is 10.6 Å². The number of aromatic nitrogens is 2. The number of carbonyl (C=O) groups excluding carboxylic acids is 1. The van der Waals surface area contributed by atoms with Crippen molar-refractivity contribution in [3.8, 4) is 0 Å². The van der Waals surface area contributed by atoms with Crippen LogP contribution in [0.15, 0.2) is 42.7 Å². The van der Waals surface area contributed by atoms with Gasteiger partial charge in [-0.25, -0.2) is 9.97 Å². The van der Waals surface area contributed by atoms with Crippen LogP contribution in [0.3, 0.4) is 0 Å². The Morgan fingerprint density at radius 2 is 1.81 bits per heavy atom. The SMILES string of the molecule is O=C(NCC1NNC2CCCCCC21)c1cnc(Nc2ccccc2)nc1. The van der Waals surface area contributed by atoms with Gasteiger partial charge in [-0.05, 0) is 30.9 Å². The maximum Gasteiger partial charge on any atom is 0.254 e. The first kappa shape index (κ1) is 17.9. The van der Waals surface area contributed by atoms with Crippen molar-refractivity contribution in [2.24, 2.45) is 5.92 Å². The van der Waals surface area contributed by atoms with Gasteiger partial charge in [-0.15, -0.1) is 0 Å². The number of fused-ring (bicyclic) bond motifs is 1. The van der Waals surface area contributed by atoms with Gasteiger partial charge in [0.1, 0.15) is 0 Å². The monoisotopic (exact) mass is 366 g/mol. The first-order valence-electron chi connectivity index (χ1n) is 9.73. The van der Waals surface area contributed by atoms with Crippen LogP contribution >= 0.6 is 0 Å². The highest BCUT2D eigenvalue weighted by Gasteiger charge is 2.36. The Bertz CT molecular complexity index is 751. The third-order valence-corrected chi connectivity index (χ3v) is 5.47. The summed E-state index contributed by atoms with van der Waals surface area (Å²) in [5.41, 5.74) is 8.15. The Morgan fingerprint density at radius 3 is 2.63 bits per heavy atom. The summed E-state index contributed by atoms with van der Waals surface area (Å²) in [6, 6.07) is 10.5. The van der Waals surface area contributed by atoms with E-state index < -0.39 is 0 Å². The van der Waals surface area contributed by atoms with E-state index in [-0.39, 0.29) is 11.9 Å². The van der Waals surface area contributed by atoms with Gasteiger partial charge in [-0.2, -0.15) is 0 Å². The molecule has 27 heavy (non-hydrogen) atoms. The molecule has 7 heteroatoms. The van der Waals surface area contributed by atoms with Gasteiger partial charge in [0.25, 0.3) is 5.91 Å². The van der Waals surface area contributed by atoms with Crippen molar-refractivity contribution in [1.29, 1.82) is 0 Å². The summed E-state index contributed by atoms with van der Waals surface area (Å²) in [6.07, 6.45) is 9.42. The van der Waals surface area contributed by atoms with Crippen molar-refractivity contribution in [3.05, 3.63) is 48.3 Å². The molecule has 2 aliphatic rings. The predicted octanol–water partition coefficient (Wildman–Crippen LogP) is 2.38. The standard InChI is InChI=1S/C20H26N6O/c27-19(21-13-18-16-9-5-2-6-10-17(16)25-26-18)14-11-22-20(23-12-14)24-15-7-3-1-4-8-15/h1,3-4,7-8,11-12,16-18,25-26H,2,5-6,9-10,13H2,(H,21,27)(H,22,23,24). The molecule has 3 atom stereocenters. The largest absolute Gasteiger partial charge is 0.350 e. The summed E-state index contributed by atoms with van der Waals surface area (Å²) in [4.78, 5) is 20.9. The zero-order valence-corrected chi connectivity index (χ0v) is 15.3. The number of nitrogens with zero attached hydrogens (tertiary/aromatic N) is 2. The Balaban J connectivity index is 1.30. The smallest absolute Gasteiger partial charge is 0.254 e. The molecule has 2 heterocycles. The van der Waals surface area contributed by atoms with E-state index in [1.807, 2.05) is 30.3 Å². The summed E-state index contributed by atoms with van der Waals surface area (Å²) >= 11 is 0. The topological polar surface area (TPSA) is 91.0 Å². The lowest BCUT2D eigenvalue weighted by molar-refractivity contribution is 0.0947. The Kier molecular flexibility index (Phi) is 5.60. The van der Waals surface area contributed by atoms with Crippen LogP contribution in [0.5, 0.6) is 0 Å². The molecule has 1 saturated heterocycles. The number of nitrogens with one attached hydrogen (secondary N) is 4. The van der Waals surface area contributed by atoms with E-state index in [9.17, 15) is 4.79 Å². The van der Waals surface area contributed by atoms with Crippen molar-refractivity contribution < 1.29 is 4.79 Å². The van der Waals surface area contributed by atoms with E-state index >= 15 is 0 Å². The number of rotatable bonds is 5. The second kappa shape index (κ2) is 8.45. The zero-order chi connectivity index (χ0) is 18.5. The maximum atomic E-state index is 12.4. The van der Waals surface area contributed by atoms with Crippen LogP contribution in [0.4, 0.5) is 11.6 Å². The molecule has 0 spiro atoms. The molecule has 2 aromatic rings. The van der Waals surface area contributed by atoms with E-state index in [2.05, 4.69) is 31.5 Å². The van der Waals surface area contributed by atoms with Gasteiger partial charge in [0.2, 0.25) is 5.95 Å². The average Bonchev–Trinajstić information content (AvgIpc) is 2.93. The molecule has 3 unspecified atom stereocenters. The predicted molar refractivity (Wildman–Crippen MR) is 105 cm³/mol. The molecule has 4 rings (SSSR count). The Labute approximate surface area is 159 Å². The van der Waals surface area contributed by atoms with E-state index in [1.165, 1.54) is 32.1 Å². The number of hydrogen-bond donors (Lipinski definition) is 4. The van der Waals surface area contributed by atoms with Crippen LogP contribution in [0, 0.1) is 5.92 Å². The van der Waals surface area contributed by atoms with Crippen LogP contribution in [-0.2, 0) is 0 Å². The molecule has 1 amide bonds. The molecule has 2 fully saturated rings. The van der Waals surface area contributed by atoms with Gasteiger partial charge >= 0.3 is 0 Å². The van der Waals surface area contributed by atoms with Crippen LogP contribution in [-0.4, -0.2) is 34.5 Å². The normalized spacial score (nSPS) is 24.7. The van der Waals surface area contributed by atoms with Crippen LogP contribution in [0.1, 0.15) is 42.5 Å². The second-order valence-electron chi connectivity index (χ2n) is 7.30. The van der Waals surface area contributed by atoms with Crippen LogP contribution in [0.2, 0.25) is 0 Å². The number of para-hydroxylation sites is 1. The number of amides is 1. The van der Waals surface area contributed by atoms with Gasteiger partial charge in [-0.1, -0.05) is 37.5 Å². The number of anilines is 2. The first-order chi connectivity index (χ1) is 13.3. The summed E-state index contributed by atoms with van der Waals surface area (Å²) in [6.45, 7) is 0.608. The number of hydrogen-bond acceptors (Lipinski definition) is 6. The third kappa shape index (κ3) is 4.43. The average molecular weight is 366 g/mol. The van der Waals surface area contributed by atoms with Crippen molar-refractivity contribution in [1.82, 2.24) is 26.1 Å². The van der Waals surface area contributed by atoms with Gasteiger partial charge in [0.05, 0.1) is 5.56 Å². The fourth-order valence-corrected chi connectivity index (χ4v) is 3.99. The van der Waals surface area contributed by atoms with E-state index in [4.69, 9.17) is 0 Å². The van der Waals surface area contributed by atoms with E-state index in [1.54, 1.807) is 12.4 Å². The lowest BCUT2D eigenvalue weighted by Crippen LogP contribution is -2.42. The first-order valence-corrected chi connectivity index (χ1v) is 9.73. The lowest BCUT2D eigenvalue weighted by atomic mass is 9.90. The molecule has 4 N–H and O–H groups in total.